The summed E-state index contributed by atoms with van der Waals surface area (Å²) in [5.41, 5.74) is 5.68. The van der Waals surface area contributed by atoms with E-state index in [0.717, 1.165) is 42.7 Å². The third-order valence-electron chi connectivity index (χ3n) is 7.19. The van der Waals surface area contributed by atoms with Crippen molar-refractivity contribution in [3.63, 3.8) is 0 Å². The Hall–Kier alpha value is -3.61. The van der Waals surface area contributed by atoms with Gasteiger partial charge in [0, 0.05) is 31.2 Å². The van der Waals surface area contributed by atoms with E-state index in [4.69, 9.17) is 14.2 Å². The van der Waals surface area contributed by atoms with Crippen molar-refractivity contribution in [2.24, 2.45) is 0 Å². The van der Waals surface area contributed by atoms with Crippen LogP contribution in [0.5, 0.6) is 0 Å². The summed E-state index contributed by atoms with van der Waals surface area (Å²) in [6.07, 6.45) is -1.01. The second-order valence-corrected chi connectivity index (χ2v) is 12.9. The largest absolute Gasteiger partial charge is 0.453 e. The lowest BCUT2D eigenvalue weighted by atomic mass is 9.97. The first-order valence-corrected chi connectivity index (χ1v) is 16.2. The van der Waals surface area contributed by atoms with Crippen LogP contribution in [-0.4, -0.2) is 45.1 Å². The predicted octanol–water partition coefficient (Wildman–Crippen LogP) is 5.91. The van der Waals surface area contributed by atoms with Crippen LogP contribution in [0.1, 0.15) is 59.9 Å². The highest BCUT2D eigenvalue weighted by atomic mass is 32.2. The molecule has 11 heteroatoms. The van der Waals surface area contributed by atoms with E-state index < -0.39 is 18.4 Å². The fourth-order valence-electron chi connectivity index (χ4n) is 4.93. The molecule has 2 N–H and O–H groups in total. The number of carbonyl (C=O) groups excluding carboxylic acids is 2. The van der Waals surface area contributed by atoms with Gasteiger partial charge in [-0.05, 0) is 41.7 Å². The van der Waals surface area contributed by atoms with Crippen molar-refractivity contribution in [3.05, 3.63) is 100 Å². The molecule has 5 rings (SSSR count). The fourth-order valence-corrected chi connectivity index (χ4v) is 6.79. The number of esters is 1. The number of thioether (sulfide) groups is 1. The number of hydrogen-bond donors (Lipinski definition) is 2. The van der Waals surface area contributed by atoms with E-state index in [0.29, 0.717) is 18.7 Å². The number of aromatic nitrogens is 2. The third kappa shape index (κ3) is 8.30. The highest BCUT2D eigenvalue weighted by molar-refractivity contribution is 8.01. The number of hydrogen-bond acceptors (Lipinski definition) is 10. The molecule has 230 valence electrons. The van der Waals surface area contributed by atoms with Gasteiger partial charge in [-0.3, -0.25) is 9.59 Å². The van der Waals surface area contributed by atoms with Gasteiger partial charge in [0.15, 0.2) is 16.7 Å². The van der Waals surface area contributed by atoms with E-state index in [1.54, 1.807) is 30.0 Å². The monoisotopic (exact) mass is 633 g/mol. The molecule has 1 amide bonds. The summed E-state index contributed by atoms with van der Waals surface area (Å²) in [4.78, 5) is 23.6. The van der Waals surface area contributed by atoms with Gasteiger partial charge < -0.3 is 24.6 Å². The Labute approximate surface area is 265 Å². The molecule has 4 aromatic rings. The van der Waals surface area contributed by atoms with Crippen LogP contribution >= 0.6 is 23.1 Å². The molecule has 4 unspecified atom stereocenters. The number of aryl methyl sites for hydroxylation is 1. The van der Waals surface area contributed by atoms with Crippen molar-refractivity contribution in [1.82, 2.24) is 15.5 Å². The van der Waals surface area contributed by atoms with Gasteiger partial charge in [0.05, 0.1) is 18.8 Å². The van der Waals surface area contributed by atoms with Crippen molar-refractivity contribution in [2.45, 2.75) is 69.3 Å². The van der Waals surface area contributed by atoms with Gasteiger partial charge in [-0.15, -0.1) is 10.2 Å². The molecule has 9 nitrogen and oxygen atoms in total. The number of benzene rings is 3. The Kier molecular flexibility index (Phi) is 10.8. The lowest BCUT2D eigenvalue weighted by molar-refractivity contribution is -0.245. The molecule has 2 heterocycles. The zero-order valence-electron chi connectivity index (χ0n) is 24.8. The van der Waals surface area contributed by atoms with Gasteiger partial charge in [0.25, 0.3) is 5.91 Å². The SMILES string of the molecule is CC(=O)OC(C)C(=O)NCc1ccccc1-c1ccc(C2OC(CSc3nnc(C)s3)CC(c3ccc(CO)cc3)O2)cc1. The van der Waals surface area contributed by atoms with Crippen LogP contribution in [-0.2, 0) is 37.0 Å². The van der Waals surface area contributed by atoms with Crippen LogP contribution in [0.2, 0.25) is 0 Å². The first kappa shape index (κ1) is 31.8. The van der Waals surface area contributed by atoms with E-state index in [2.05, 4.69) is 15.5 Å². The van der Waals surface area contributed by atoms with Crippen LogP contribution in [0.4, 0.5) is 0 Å². The second-order valence-electron chi connectivity index (χ2n) is 10.5. The third-order valence-corrected chi connectivity index (χ3v) is 9.30. The van der Waals surface area contributed by atoms with Crippen molar-refractivity contribution in [2.75, 3.05) is 5.75 Å². The number of aliphatic hydroxyl groups is 1. The normalized spacial score (nSPS) is 18.9. The first-order chi connectivity index (χ1) is 21.3. The van der Waals surface area contributed by atoms with Gasteiger partial charge in [0.2, 0.25) is 0 Å². The number of ether oxygens (including phenoxy) is 3. The van der Waals surface area contributed by atoms with Gasteiger partial charge in [-0.2, -0.15) is 0 Å². The molecule has 1 fully saturated rings. The molecule has 1 aliphatic rings. The lowest BCUT2D eigenvalue weighted by Gasteiger charge is -2.36. The molecule has 0 bridgehead atoms. The predicted molar refractivity (Wildman–Crippen MR) is 169 cm³/mol. The molecule has 1 aromatic heterocycles. The highest BCUT2D eigenvalue weighted by Gasteiger charge is 2.32. The Bertz CT molecular complexity index is 1560. The van der Waals surface area contributed by atoms with E-state index in [1.165, 1.54) is 6.92 Å². The van der Waals surface area contributed by atoms with Gasteiger partial charge >= 0.3 is 5.97 Å². The average molecular weight is 634 g/mol. The van der Waals surface area contributed by atoms with Crippen molar-refractivity contribution < 1.29 is 28.9 Å². The maximum absolute atomic E-state index is 12.4. The van der Waals surface area contributed by atoms with Gasteiger partial charge in [0.1, 0.15) is 5.01 Å². The summed E-state index contributed by atoms with van der Waals surface area (Å²) in [6, 6.07) is 23.8. The zero-order chi connectivity index (χ0) is 31.1. The molecule has 3 aromatic carbocycles. The molecular formula is C33H35N3O6S2. The maximum Gasteiger partial charge on any atom is 0.303 e. The molecule has 1 saturated heterocycles. The van der Waals surface area contributed by atoms with Crippen molar-refractivity contribution in [3.8, 4) is 11.1 Å². The highest BCUT2D eigenvalue weighted by Crippen LogP contribution is 2.40. The maximum atomic E-state index is 12.4. The Morgan fingerprint density at radius 2 is 1.77 bits per heavy atom. The van der Waals surface area contributed by atoms with Crippen molar-refractivity contribution >= 4 is 35.0 Å². The minimum atomic E-state index is -0.865. The Morgan fingerprint density at radius 3 is 2.45 bits per heavy atom. The van der Waals surface area contributed by atoms with Crippen LogP contribution in [0, 0.1) is 6.92 Å². The summed E-state index contributed by atoms with van der Waals surface area (Å²) < 4.78 is 18.9. The lowest BCUT2D eigenvalue weighted by Crippen LogP contribution is -2.35. The molecule has 1 aliphatic heterocycles. The summed E-state index contributed by atoms with van der Waals surface area (Å²) >= 11 is 3.21. The minimum Gasteiger partial charge on any atom is -0.453 e. The average Bonchev–Trinajstić information content (AvgIpc) is 3.47. The van der Waals surface area contributed by atoms with E-state index in [-0.39, 0.29) is 24.7 Å². The number of aliphatic hydroxyl groups excluding tert-OH is 1. The second kappa shape index (κ2) is 14.9. The van der Waals surface area contributed by atoms with Crippen molar-refractivity contribution in [1.29, 1.82) is 0 Å². The quantitative estimate of drug-likeness (QED) is 0.153. The summed E-state index contributed by atoms with van der Waals surface area (Å²) in [5.74, 6) is -0.138. The summed E-state index contributed by atoms with van der Waals surface area (Å²) in [6.45, 7) is 5.06. The van der Waals surface area contributed by atoms with Crippen LogP contribution in [0.15, 0.2) is 77.1 Å². The van der Waals surface area contributed by atoms with Gasteiger partial charge in [-0.25, -0.2) is 0 Å². The first-order valence-electron chi connectivity index (χ1n) is 14.4. The van der Waals surface area contributed by atoms with Crippen LogP contribution in [0.25, 0.3) is 11.1 Å². The molecule has 4 atom stereocenters. The number of rotatable bonds is 11. The summed E-state index contributed by atoms with van der Waals surface area (Å²) in [5, 5.41) is 21.6. The Morgan fingerprint density at radius 1 is 1.05 bits per heavy atom. The van der Waals surface area contributed by atoms with Crippen LogP contribution < -0.4 is 5.32 Å². The number of carbonyl (C=O) groups is 2. The van der Waals surface area contributed by atoms with Crippen LogP contribution in [0.3, 0.4) is 0 Å². The smallest absolute Gasteiger partial charge is 0.303 e. The molecule has 0 saturated carbocycles. The van der Waals surface area contributed by atoms with E-state index in [9.17, 15) is 14.7 Å². The molecule has 0 aliphatic carbocycles. The van der Waals surface area contributed by atoms with E-state index in [1.807, 2.05) is 79.7 Å². The number of nitrogens with one attached hydrogen (secondary N) is 1. The molecule has 0 spiro atoms. The zero-order valence-corrected chi connectivity index (χ0v) is 26.4. The standard InChI is InChI=1S/C33H35N3O6S2/c1-20(40-22(3)38)31(39)34-17-27-6-4-5-7-29(27)24-12-14-26(15-13-24)32-41-28(19-43-33-36-35-21(2)44-33)16-30(42-32)25-10-8-23(18-37)9-11-25/h4-15,20,28,30,32,37H,16-19H2,1-3H3,(H,34,39). The van der Waals surface area contributed by atoms with Gasteiger partial charge in [-0.1, -0.05) is 95.9 Å². The van der Waals surface area contributed by atoms with E-state index >= 15 is 0 Å². The topological polar surface area (TPSA) is 120 Å². The molecular weight excluding hydrogens is 599 g/mol. The molecule has 44 heavy (non-hydrogen) atoms. The molecule has 0 radical (unpaired) electrons. The summed E-state index contributed by atoms with van der Waals surface area (Å²) in [7, 11) is 0. The minimum absolute atomic E-state index is 0.00663. The number of nitrogens with zero attached hydrogens (tertiary/aromatic N) is 2. The number of amides is 1. The fraction of sp³-hybridized carbons (Fsp3) is 0.333. The Balaban J connectivity index is 1.31.